The van der Waals surface area contributed by atoms with Crippen molar-refractivity contribution in [2.75, 3.05) is 64.6 Å². The molecule has 6 rings (SSSR count). The second kappa shape index (κ2) is 12.2. The molecule has 3 aliphatic heterocycles. The van der Waals surface area contributed by atoms with E-state index in [0.717, 1.165) is 0 Å². The van der Waals surface area contributed by atoms with Crippen LogP contribution in [-0.2, 0) is 24.6 Å². The first-order valence-electron chi connectivity index (χ1n) is 15.4. The van der Waals surface area contributed by atoms with Crippen LogP contribution in [0.15, 0.2) is 40.3 Å². The third kappa shape index (κ3) is 6.15. The number of benzene rings is 1. The van der Waals surface area contributed by atoms with E-state index < -0.39 is 42.9 Å². The van der Waals surface area contributed by atoms with Gasteiger partial charge < -0.3 is 34.6 Å². The Bertz CT molecular complexity index is 1620. The van der Waals surface area contributed by atoms with Crippen molar-refractivity contribution < 1.29 is 41.3 Å². The molecule has 1 unspecified atom stereocenters. The van der Waals surface area contributed by atoms with Crippen molar-refractivity contribution in [2.24, 2.45) is 0 Å². The van der Waals surface area contributed by atoms with E-state index in [0.29, 0.717) is 87.8 Å². The highest BCUT2D eigenvalue weighted by molar-refractivity contribution is 7.93. The number of rotatable bonds is 11. The second-order valence-corrected chi connectivity index (χ2v) is 16.9. The lowest BCUT2D eigenvalue weighted by Gasteiger charge is -2.38. The van der Waals surface area contributed by atoms with E-state index in [1.807, 2.05) is 11.9 Å². The summed E-state index contributed by atoms with van der Waals surface area (Å²) in [5.74, 6) is 0.785. The number of ether oxygens (including phenoxy) is 3. The van der Waals surface area contributed by atoms with Crippen LogP contribution in [0.25, 0.3) is 0 Å². The van der Waals surface area contributed by atoms with Crippen molar-refractivity contribution in [3.8, 4) is 11.6 Å². The van der Waals surface area contributed by atoms with Gasteiger partial charge in [-0.2, -0.15) is 4.31 Å². The number of hydrogen-bond donors (Lipinski definition) is 3. The fraction of sp³-hybridized carbons (Fsp3) is 0.633. The lowest BCUT2D eigenvalue weighted by Crippen LogP contribution is -2.47. The van der Waals surface area contributed by atoms with Gasteiger partial charge in [-0.3, -0.25) is 0 Å². The third-order valence-corrected chi connectivity index (χ3v) is 14.2. The Hall–Kier alpha value is -2.53. The van der Waals surface area contributed by atoms with E-state index >= 15 is 0 Å². The van der Waals surface area contributed by atoms with Crippen molar-refractivity contribution in [1.82, 2.24) is 14.6 Å². The van der Waals surface area contributed by atoms with Gasteiger partial charge in [0.1, 0.15) is 35.7 Å². The summed E-state index contributed by atoms with van der Waals surface area (Å²) in [6, 6.07) is 6.14. The topological polar surface area (TPSA) is 168 Å². The molecule has 1 aromatic carbocycles. The van der Waals surface area contributed by atoms with Crippen LogP contribution in [0.4, 0.5) is 5.69 Å². The van der Waals surface area contributed by atoms with Crippen LogP contribution in [0.3, 0.4) is 0 Å². The second-order valence-electron chi connectivity index (χ2n) is 12.7. The quantitative estimate of drug-likeness (QED) is 0.310. The average molecular weight is 667 g/mol. The van der Waals surface area contributed by atoms with Crippen LogP contribution >= 0.6 is 0 Å². The molecule has 1 saturated carbocycles. The summed E-state index contributed by atoms with van der Waals surface area (Å²) in [5, 5.41) is 23.5. The Morgan fingerprint density at radius 3 is 2.62 bits per heavy atom. The summed E-state index contributed by atoms with van der Waals surface area (Å²) in [5.41, 5.74) is 0.918. The first-order valence-corrected chi connectivity index (χ1v) is 18.3. The number of anilines is 1. The van der Waals surface area contributed by atoms with E-state index in [9.17, 15) is 27.0 Å². The van der Waals surface area contributed by atoms with E-state index in [1.54, 1.807) is 19.1 Å². The molecule has 4 heterocycles. The number of aliphatic hydroxyl groups excluding tert-OH is 2. The molecule has 4 aliphatic rings. The van der Waals surface area contributed by atoms with Crippen molar-refractivity contribution in [2.45, 2.75) is 71.3 Å². The summed E-state index contributed by atoms with van der Waals surface area (Å²) < 4.78 is 71.0. The summed E-state index contributed by atoms with van der Waals surface area (Å²) in [6.07, 6.45) is 3.24. The standard InChI is InChI=1S/C30H42N4O9S2/c1-21-26(17-32-28-27(21)33(2)12-13-41-28)45(39,40)34-10-8-29(9-11-34)15-22(18-43-29)31-16-23(36)19-42-24-4-3-5-25(14-24)44(37,38)30(20-35)6-7-30/h3-5,14,17,22-23,31,35-36H,6-13,15-16,18-20H2,1-2H3/t22-,23?/m1/s1. The van der Waals surface area contributed by atoms with Gasteiger partial charge in [0.05, 0.1) is 41.2 Å². The molecule has 1 aliphatic carbocycles. The van der Waals surface area contributed by atoms with Crippen molar-refractivity contribution in [3.63, 3.8) is 0 Å². The number of likely N-dealkylation sites (N-methyl/N-ethyl adjacent to an activating group) is 1. The van der Waals surface area contributed by atoms with Gasteiger partial charge in [-0.05, 0) is 62.8 Å². The van der Waals surface area contributed by atoms with Gasteiger partial charge in [0.2, 0.25) is 15.9 Å². The minimum absolute atomic E-state index is 0.00730. The number of aliphatic hydroxyl groups is 2. The van der Waals surface area contributed by atoms with Gasteiger partial charge in [-0.25, -0.2) is 21.8 Å². The molecule has 15 heteroatoms. The molecular weight excluding hydrogens is 624 g/mol. The largest absolute Gasteiger partial charge is 0.491 e. The highest BCUT2D eigenvalue weighted by atomic mass is 32.2. The van der Waals surface area contributed by atoms with Crippen molar-refractivity contribution in [1.29, 1.82) is 0 Å². The van der Waals surface area contributed by atoms with Crippen LogP contribution in [0.1, 0.15) is 37.7 Å². The van der Waals surface area contributed by atoms with Crippen molar-refractivity contribution >= 4 is 25.5 Å². The summed E-state index contributed by atoms with van der Waals surface area (Å²) in [6.45, 7) is 3.89. The van der Waals surface area contributed by atoms with E-state index in [4.69, 9.17) is 14.2 Å². The van der Waals surface area contributed by atoms with Gasteiger partial charge in [-0.15, -0.1) is 0 Å². The molecule has 3 fully saturated rings. The fourth-order valence-corrected chi connectivity index (χ4v) is 9.99. The SMILES string of the molecule is Cc1c(S(=O)(=O)N2CCC3(CC2)C[C@@H](NCC(O)COc2cccc(S(=O)(=O)C4(CO)CC4)c2)CO3)cnc2c1N(C)CCO2. The van der Waals surface area contributed by atoms with E-state index in [1.165, 1.54) is 22.6 Å². The number of pyridine rings is 1. The molecule has 1 spiro atoms. The molecule has 2 atom stereocenters. The van der Waals surface area contributed by atoms with Gasteiger partial charge in [0, 0.05) is 32.7 Å². The predicted octanol–water partition coefficient (Wildman–Crippen LogP) is 0.859. The third-order valence-electron chi connectivity index (χ3n) is 9.60. The number of sulfonamides is 1. The zero-order valence-corrected chi connectivity index (χ0v) is 27.3. The fourth-order valence-electron chi connectivity index (χ4n) is 6.54. The first-order chi connectivity index (χ1) is 21.4. The number of hydrogen-bond acceptors (Lipinski definition) is 12. The molecule has 45 heavy (non-hydrogen) atoms. The van der Waals surface area contributed by atoms with E-state index in [-0.39, 0.29) is 29.0 Å². The van der Waals surface area contributed by atoms with Crippen LogP contribution in [0.2, 0.25) is 0 Å². The minimum Gasteiger partial charge on any atom is -0.491 e. The molecule has 2 aromatic rings. The van der Waals surface area contributed by atoms with Gasteiger partial charge in [-0.1, -0.05) is 6.07 Å². The molecular formula is C30H42N4O9S2. The molecule has 2 saturated heterocycles. The lowest BCUT2D eigenvalue weighted by atomic mass is 9.88. The Balaban J connectivity index is 0.982. The van der Waals surface area contributed by atoms with Crippen LogP contribution in [-0.4, -0.2) is 118 Å². The summed E-state index contributed by atoms with van der Waals surface area (Å²) in [4.78, 5) is 6.57. The Labute approximate surface area is 264 Å². The van der Waals surface area contributed by atoms with Gasteiger partial charge in [0.15, 0.2) is 9.84 Å². The van der Waals surface area contributed by atoms with Crippen LogP contribution in [0.5, 0.6) is 11.6 Å². The molecule has 3 N–H and O–H groups in total. The molecule has 13 nitrogen and oxygen atoms in total. The average Bonchev–Trinajstić information content (AvgIpc) is 3.75. The normalized spacial score (nSPS) is 23.4. The van der Waals surface area contributed by atoms with Gasteiger partial charge >= 0.3 is 0 Å². The minimum atomic E-state index is -3.75. The zero-order valence-electron chi connectivity index (χ0n) is 25.6. The lowest BCUT2D eigenvalue weighted by molar-refractivity contribution is -0.0312. The maximum atomic E-state index is 13.6. The Morgan fingerprint density at radius 1 is 1.16 bits per heavy atom. The smallest absolute Gasteiger partial charge is 0.244 e. The maximum absolute atomic E-state index is 13.6. The number of nitrogens with zero attached hydrogens (tertiary/aromatic N) is 3. The Kier molecular flexibility index (Phi) is 8.82. The maximum Gasteiger partial charge on any atom is 0.244 e. The summed E-state index contributed by atoms with van der Waals surface area (Å²) in [7, 11) is -5.52. The predicted molar refractivity (Wildman–Crippen MR) is 165 cm³/mol. The molecule has 0 amide bonds. The Morgan fingerprint density at radius 2 is 1.91 bits per heavy atom. The van der Waals surface area contributed by atoms with Crippen LogP contribution in [0, 0.1) is 6.92 Å². The number of aromatic nitrogens is 1. The zero-order chi connectivity index (χ0) is 32.0. The number of nitrogens with one attached hydrogen (secondary N) is 1. The number of sulfone groups is 1. The van der Waals surface area contributed by atoms with E-state index in [2.05, 4.69) is 10.3 Å². The molecule has 0 radical (unpaired) electrons. The monoisotopic (exact) mass is 666 g/mol. The molecule has 0 bridgehead atoms. The van der Waals surface area contributed by atoms with Gasteiger partial charge in [0.25, 0.3) is 0 Å². The molecule has 1 aromatic heterocycles. The highest BCUT2D eigenvalue weighted by Crippen LogP contribution is 2.46. The number of piperidine rings is 1. The first kappa shape index (κ1) is 32.4. The number of fused-ring (bicyclic) bond motifs is 1. The highest BCUT2D eigenvalue weighted by Gasteiger charge is 2.54. The van der Waals surface area contributed by atoms with Crippen molar-refractivity contribution in [3.05, 3.63) is 36.0 Å². The summed E-state index contributed by atoms with van der Waals surface area (Å²) >= 11 is 0. The van der Waals surface area contributed by atoms with Crippen LogP contribution < -0.4 is 19.7 Å². The molecule has 248 valence electrons.